The lowest BCUT2D eigenvalue weighted by Crippen LogP contribution is -2.34. The van der Waals surface area contributed by atoms with Crippen LogP contribution in [0.3, 0.4) is 0 Å². The fraction of sp³-hybridized carbons (Fsp3) is 1.00. The van der Waals surface area contributed by atoms with Gasteiger partial charge in [0.15, 0.2) is 0 Å². The number of aliphatic hydroxyl groups is 2. The third-order valence-corrected chi connectivity index (χ3v) is 1.77. The van der Waals surface area contributed by atoms with Crippen LogP contribution in [0.2, 0.25) is 0 Å². The molecule has 3 N–H and O–H groups in total. The van der Waals surface area contributed by atoms with Crippen LogP contribution in [-0.2, 0) is 4.74 Å². The SMILES string of the molecule is CCCCOCC(O)CNCC(C)O. The maximum atomic E-state index is 9.39. The van der Waals surface area contributed by atoms with E-state index >= 15 is 0 Å². The van der Waals surface area contributed by atoms with Gasteiger partial charge in [0.25, 0.3) is 0 Å². The van der Waals surface area contributed by atoms with Gasteiger partial charge in [-0.2, -0.15) is 0 Å². The standard InChI is InChI=1S/C10H23NO3/c1-3-4-5-14-8-10(13)7-11-6-9(2)12/h9-13H,3-8H2,1-2H3. The summed E-state index contributed by atoms with van der Waals surface area (Å²) in [4.78, 5) is 0. The Bertz CT molecular complexity index is 120. The maximum absolute atomic E-state index is 9.39. The monoisotopic (exact) mass is 205 g/mol. The molecule has 2 atom stereocenters. The number of aliphatic hydroxyl groups excluding tert-OH is 2. The highest BCUT2D eigenvalue weighted by Crippen LogP contribution is 1.90. The van der Waals surface area contributed by atoms with E-state index in [0.717, 1.165) is 12.8 Å². The van der Waals surface area contributed by atoms with E-state index in [1.54, 1.807) is 6.92 Å². The highest BCUT2D eigenvalue weighted by molar-refractivity contribution is 4.60. The van der Waals surface area contributed by atoms with Crippen LogP contribution in [-0.4, -0.2) is 48.7 Å². The molecule has 14 heavy (non-hydrogen) atoms. The van der Waals surface area contributed by atoms with Crippen molar-refractivity contribution >= 4 is 0 Å². The fourth-order valence-electron chi connectivity index (χ4n) is 0.984. The Labute approximate surface area is 86.3 Å². The van der Waals surface area contributed by atoms with Crippen molar-refractivity contribution < 1.29 is 14.9 Å². The van der Waals surface area contributed by atoms with Gasteiger partial charge < -0.3 is 20.3 Å². The molecule has 2 unspecified atom stereocenters. The lowest BCUT2D eigenvalue weighted by Gasteiger charge is -2.12. The molecule has 0 spiro atoms. The second-order valence-corrected chi connectivity index (χ2v) is 3.59. The van der Waals surface area contributed by atoms with Crippen molar-refractivity contribution in [3.8, 4) is 0 Å². The van der Waals surface area contributed by atoms with Crippen molar-refractivity contribution in [3.05, 3.63) is 0 Å². The third-order valence-electron chi connectivity index (χ3n) is 1.77. The highest BCUT2D eigenvalue weighted by Gasteiger charge is 2.03. The Kier molecular flexibility index (Phi) is 9.29. The summed E-state index contributed by atoms with van der Waals surface area (Å²) in [5.74, 6) is 0. The molecule has 4 heteroatoms. The van der Waals surface area contributed by atoms with Crippen molar-refractivity contribution in [2.75, 3.05) is 26.3 Å². The zero-order valence-electron chi connectivity index (χ0n) is 9.20. The number of ether oxygens (including phenoxy) is 1. The Morgan fingerprint density at radius 1 is 1.29 bits per heavy atom. The predicted molar refractivity (Wildman–Crippen MR) is 56.3 cm³/mol. The minimum atomic E-state index is -0.481. The van der Waals surface area contributed by atoms with Crippen LogP contribution >= 0.6 is 0 Å². The average molecular weight is 205 g/mol. The molecule has 0 amide bonds. The van der Waals surface area contributed by atoms with Gasteiger partial charge in [0.1, 0.15) is 0 Å². The minimum absolute atomic E-state index is 0.368. The molecule has 0 saturated heterocycles. The molecule has 0 aromatic carbocycles. The highest BCUT2D eigenvalue weighted by atomic mass is 16.5. The first kappa shape index (κ1) is 13.8. The summed E-state index contributed by atoms with van der Waals surface area (Å²) in [7, 11) is 0. The van der Waals surface area contributed by atoms with E-state index in [1.165, 1.54) is 0 Å². The molecular weight excluding hydrogens is 182 g/mol. The van der Waals surface area contributed by atoms with Crippen molar-refractivity contribution in [1.82, 2.24) is 5.32 Å². The van der Waals surface area contributed by atoms with Gasteiger partial charge in [0.05, 0.1) is 18.8 Å². The lowest BCUT2D eigenvalue weighted by atomic mass is 10.3. The molecular formula is C10H23NO3. The van der Waals surface area contributed by atoms with Crippen molar-refractivity contribution in [2.45, 2.75) is 38.9 Å². The van der Waals surface area contributed by atoms with Gasteiger partial charge in [-0.05, 0) is 13.3 Å². The largest absolute Gasteiger partial charge is 0.392 e. The number of nitrogens with one attached hydrogen (secondary N) is 1. The van der Waals surface area contributed by atoms with E-state index in [2.05, 4.69) is 12.2 Å². The first-order chi connectivity index (χ1) is 6.66. The van der Waals surface area contributed by atoms with Gasteiger partial charge in [-0.25, -0.2) is 0 Å². The zero-order chi connectivity index (χ0) is 10.8. The van der Waals surface area contributed by atoms with Crippen LogP contribution in [0.4, 0.5) is 0 Å². The quantitative estimate of drug-likeness (QED) is 0.468. The van der Waals surface area contributed by atoms with E-state index < -0.39 is 6.10 Å². The molecule has 0 radical (unpaired) electrons. The fourth-order valence-corrected chi connectivity index (χ4v) is 0.984. The van der Waals surface area contributed by atoms with Gasteiger partial charge >= 0.3 is 0 Å². The van der Waals surface area contributed by atoms with E-state index in [9.17, 15) is 5.11 Å². The second kappa shape index (κ2) is 9.40. The second-order valence-electron chi connectivity index (χ2n) is 3.59. The van der Waals surface area contributed by atoms with Crippen molar-refractivity contribution in [2.24, 2.45) is 0 Å². The van der Waals surface area contributed by atoms with Gasteiger partial charge in [0, 0.05) is 19.7 Å². The predicted octanol–water partition coefficient (Wildman–Crippen LogP) is 0.134. The molecule has 0 bridgehead atoms. The summed E-state index contributed by atoms with van der Waals surface area (Å²) in [6.07, 6.45) is 1.29. The molecule has 0 heterocycles. The van der Waals surface area contributed by atoms with E-state index in [0.29, 0.717) is 26.3 Å². The van der Waals surface area contributed by atoms with Gasteiger partial charge in [-0.1, -0.05) is 13.3 Å². The number of rotatable bonds is 9. The van der Waals surface area contributed by atoms with Crippen LogP contribution in [0.15, 0.2) is 0 Å². The van der Waals surface area contributed by atoms with Crippen molar-refractivity contribution in [1.29, 1.82) is 0 Å². The van der Waals surface area contributed by atoms with E-state index in [-0.39, 0.29) is 6.10 Å². The Balaban J connectivity index is 3.15. The van der Waals surface area contributed by atoms with Gasteiger partial charge in [-0.15, -0.1) is 0 Å². The Morgan fingerprint density at radius 3 is 2.57 bits per heavy atom. The maximum Gasteiger partial charge on any atom is 0.0897 e. The summed E-state index contributed by atoms with van der Waals surface area (Å²) in [6, 6.07) is 0. The molecule has 4 nitrogen and oxygen atoms in total. The summed E-state index contributed by atoms with van der Waals surface area (Å²) >= 11 is 0. The molecule has 0 aliphatic carbocycles. The Morgan fingerprint density at radius 2 is 2.00 bits per heavy atom. The van der Waals surface area contributed by atoms with Gasteiger partial charge in [0.2, 0.25) is 0 Å². The summed E-state index contributed by atoms with van der Waals surface area (Å²) in [6.45, 7) is 5.86. The number of hydrogen-bond donors (Lipinski definition) is 3. The molecule has 0 fully saturated rings. The summed E-state index contributed by atoms with van der Waals surface area (Å²) < 4.78 is 5.24. The first-order valence-corrected chi connectivity index (χ1v) is 5.31. The van der Waals surface area contributed by atoms with Crippen LogP contribution in [0, 0.1) is 0 Å². The normalized spacial score (nSPS) is 15.4. The smallest absolute Gasteiger partial charge is 0.0897 e. The zero-order valence-corrected chi connectivity index (χ0v) is 9.20. The molecule has 86 valence electrons. The molecule has 0 aliphatic heterocycles. The molecule has 0 saturated carbocycles. The van der Waals surface area contributed by atoms with E-state index in [1.807, 2.05) is 0 Å². The summed E-state index contributed by atoms with van der Waals surface area (Å²) in [5.41, 5.74) is 0. The van der Waals surface area contributed by atoms with Crippen LogP contribution in [0.25, 0.3) is 0 Å². The lowest BCUT2D eigenvalue weighted by molar-refractivity contribution is 0.0345. The Hall–Kier alpha value is -0.160. The average Bonchev–Trinajstić information content (AvgIpc) is 2.12. The van der Waals surface area contributed by atoms with Crippen LogP contribution in [0.5, 0.6) is 0 Å². The minimum Gasteiger partial charge on any atom is -0.392 e. The van der Waals surface area contributed by atoms with E-state index in [4.69, 9.17) is 9.84 Å². The third kappa shape index (κ3) is 9.92. The molecule has 0 aliphatic rings. The summed E-state index contributed by atoms with van der Waals surface area (Å²) in [5, 5.41) is 21.3. The number of unbranched alkanes of at least 4 members (excludes halogenated alkanes) is 1. The molecule has 0 rings (SSSR count). The molecule has 0 aromatic heterocycles. The van der Waals surface area contributed by atoms with Crippen molar-refractivity contribution in [3.63, 3.8) is 0 Å². The van der Waals surface area contributed by atoms with Gasteiger partial charge in [-0.3, -0.25) is 0 Å². The van der Waals surface area contributed by atoms with Crippen LogP contribution < -0.4 is 5.32 Å². The number of hydrogen-bond acceptors (Lipinski definition) is 4. The van der Waals surface area contributed by atoms with Crippen LogP contribution in [0.1, 0.15) is 26.7 Å². The first-order valence-electron chi connectivity index (χ1n) is 5.31. The molecule has 0 aromatic rings. The topological polar surface area (TPSA) is 61.7 Å².